The van der Waals surface area contributed by atoms with Crippen LogP contribution in [0, 0.1) is 6.92 Å². The van der Waals surface area contributed by atoms with Crippen molar-refractivity contribution >= 4 is 60.5 Å². The Morgan fingerprint density at radius 2 is 1.25 bits per heavy atom. The number of para-hydroxylation sites is 2. The molecule has 0 fully saturated rings. The van der Waals surface area contributed by atoms with Gasteiger partial charge in [0, 0.05) is 62.0 Å². The molecule has 1 aliphatic carbocycles. The third-order valence-electron chi connectivity index (χ3n) is 10.9. The van der Waals surface area contributed by atoms with Crippen LogP contribution in [0.4, 0.5) is 17.2 Å². The van der Waals surface area contributed by atoms with Crippen LogP contribution in [0.1, 0.15) is 5.56 Å². The minimum absolute atomic E-state index is 0.880. The number of hydrogen-bond donors (Lipinski definition) is 0. The minimum atomic E-state index is 0.880. The Hall–Kier alpha value is -7.04. The number of fused-ring (bicyclic) bond motifs is 7. The second-order valence-electron chi connectivity index (χ2n) is 13.9. The molecule has 0 radical (unpaired) electrons. The molecule has 0 aliphatic heterocycles. The van der Waals surface area contributed by atoms with E-state index in [1.165, 1.54) is 54.7 Å². The van der Waals surface area contributed by atoms with E-state index < -0.39 is 0 Å². The van der Waals surface area contributed by atoms with E-state index in [4.69, 9.17) is 4.98 Å². The fourth-order valence-corrected chi connectivity index (χ4v) is 8.38. The van der Waals surface area contributed by atoms with Gasteiger partial charge >= 0.3 is 0 Å². The highest BCUT2D eigenvalue weighted by molar-refractivity contribution is 6.15. The minimum Gasteiger partial charge on any atom is -0.309 e. The number of rotatable bonds is 5. The first-order valence-electron chi connectivity index (χ1n) is 18.1. The summed E-state index contributed by atoms with van der Waals surface area (Å²) in [5.74, 6) is 0.880. The smallest absolute Gasteiger partial charge is 0.138 e. The Morgan fingerprint density at radius 3 is 2.09 bits per heavy atom. The van der Waals surface area contributed by atoms with Gasteiger partial charge in [-0.1, -0.05) is 97.1 Å². The van der Waals surface area contributed by atoms with Crippen molar-refractivity contribution in [1.82, 2.24) is 14.5 Å². The van der Waals surface area contributed by atoms with E-state index in [1.807, 2.05) is 12.4 Å². The maximum Gasteiger partial charge on any atom is 0.138 e. The van der Waals surface area contributed by atoms with E-state index in [9.17, 15) is 0 Å². The lowest BCUT2D eigenvalue weighted by molar-refractivity contribution is 1.17. The predicted octanol–water partition coefficient (Wildman–Crippen LogP) is 13.0. The average Bonchev–Trinajstić information content (AvgIpc) is 3.71. The highest BCUT2D eigenvalue weighted by atomic mass is 15.2. The first-order chi connectivity index (χ1) is 26.2. The summed E-state index contributed by atoms with van der Waals surface area (Å²) in [7, 11) is 0. The van der Waals surface area contributed by atoms with Gasteiger partial charge in [0.1, 0.15) is 5.82 Å². The topological polar surface area (TPSA) is 34.0 Å². The van der Waals surface area contributed by atoms with Crippen molar-refractivity contribution in [2.24, 2.45) is 0 Å². The number of benzene rings is 7. The molecule has 0 saturated carbocycles. The third kappa shape index (κ3) is 4.56. The average molecular weight is 677 g/mol. The van der Waals surface area contributed by atoms with E-state index in [1.54, 1.807) is 0 Å². The number of nitrogens with zero attached hydrogens (tertiary/aromatic N) is 4. The highest BCUT2D eigenvalue weighted by Crippen LogP contribution is 2.48. The summed E-state index contributed by atoms with van der Waals surface area (Å²) in [6.45, 7) is 2.16. The molecular formula is C49H32N4. The summed E-state index contributed by atoms with van der Waals surface area (Å²) in [5.41, 5.74) is 13.7. The molecule has 7 aromatic carbocycles. The number of aryl methyl sites for hydroxylation is 1. The van der Waals surface area contributed by atoms with Crippen LogP contribution in [0.2, 0.25) is 0 Å². The van der Waals surface area contributed by atoms with Crippen molar-refractivity contribution in [3.8, 4) is 39.2 Å². The zero-order valence-corrected chi connectivity index (χ0v) is 29.0. The maximum absolute atomic E-state index is 5.38. The molecule has 4 heteroatoms. The Bertz CT molecular complexity index is 3060. The molecule has 11 rings (SSSR count). The summed E-state index contributed by atoms with van der Waals surface area (Å²) in [4.78, 5) is 12.2. The molecule has 0 saturated heterocycles. The third-order valence-corrected chi connectivity index (χ3v) is 10.9. The van der Waals surface area contributed by atoms with Crippen molar-refractivity contribution in [3.05, 3.63) is 182 Å². The van der Waals surface area contributed by atoms with Gasteiger partial charge in [-0.25, -0.2) is 4.98 Å². The van der Waals surface area contributed by atoms with E-state index in [-0.39, 0.29) is 0 Å². The number of pyridine rings is 2. The van der Waals surface area contributed by atoms with Gasteiger partial charge in [-0.15, -0.1) is 0 Å². The Morgan fingerprint density at radius 1 is 0.509 bits per heavy atom. The summed E-state index contributed by atoms with van der Waals surface area (Å²) < 4.78 is 2.39. The predicted molar refractivity (Wildman–Crippen MR) is 221 cm³/mol. The molecule has 0 amide bonds. The Labute approximate surface area is 306 Å². The summed E-state index contributed by atoms with van der Waals surface area (Å²) >= 11 is 0. The van der Waals surface area contributed by atoms with Crippen molar-refractivity contribution in [2.45, 2.75) is 6.92 Å². The van der Waals surface area contributed by atoms with Crippen LogP contribution in [0.5, 0.6) is 0 Å². The Balaban J connectivity index is 1.04. The molecule has 10 aromatic rings. The number of hydrogen-bond acceptors (Lipinski definition) is 3. The largest absolute Gasteiger partial charge is 0.309 e. The standard InChI is InChI=1S/C49H32N4/c1-31-10-5-8-17-44(31)53(47-25-23-39-43-30-50-29-36-13-9-16-40(48(36)43)49(39)51-47)38-21-18-32(19-22-38)35-20-24-45-41(27-35)42-26-33-11-6-7-12-34(33)28-46(42)52(45)37-14-3-2-4-15-37/h2-30H,1H3. The van der Waals surface area contributed by atoms with Gasteiger partial charge in [-0.3, -0.25) is 9.88 Å². The van der Waals surface area contributed by atoms with E-state index in [2.05, 4.69) is 185 Å². The lowest BCUT2D eigenvalue weighted by atomic mass is 10.0. The fraction of sp³-hybridized carbons (Fsp3) is 0.0204. The van der Waals surface area contributed by atoms with Crippen LogP contribution in [-0.4, -0.2) is 14.5 Å². The SMILES string of the molecule is Cc1ccccc1N(c1ccc(-c2ccc3c(c2)c2cc4ccccc4cc2n3-c2ccccc2)cc1)c1ccc2c(n1)-c1cccc3cncc-2c13. The molecular weight excluding hydrogens is 645 g/mol. The highest BCUT2D eigenvalue weighted by Gasteiger charge is 2.25. The molecule has 53 heavy (non-hydrogen) atoms. The van der Waals surface area contributed by atoms with Gasteiger partial charge in [-0.2, -0.15) is 0 Å². The van der Waals surface area contributed by atoms with Crippen LogP contribution in [0.25, 0.3) is 82.5 Å². The van der Waals surface area contributed by atoms with Gasteiger partial charge in [0.15, 0.2) is 0 Å². The molecule has 0 atom stereocenters. The van der Waals surface area contributed by atoms with Crippen molar-refractivity contribution in [1.29, 1.82) is 0 Å². The first-order valence-corrected chi connectivity index (χ1v) is 18.1. The van der Waals surface area contributed by atoms with Crippen LogP contribution in [-0.2, 0) is 0 Å². The Kier molecular flexibility index (Phi) is 6.43. The quantitative estimate of drug-likeness (QED) is 0.182. The summed E-state index contributed by atoms with van der Waals surface area (Å²) in [6, 6.07) is 59.1. The second kappa shape index (κ2) is 11.5. The summed E-state index contributed by atoms with van der Waals surface area (Å²) in [6.07, 6.45) is 3.91. The maximum atomic E-state index is 5.38. The molecule has 248 valence electrons. The molecule has 3 aromatic heterocycles. The molecule has 3 heterocycles. The number of aromatic nitrogens is 3. The van der Waals surface area contributed by atoms with Crippen LogP contribution < -0.4 is 4.90 Å². The van der Waals surface area contributed by atoms with Crippen LogP contribution >= 0.6 is 0 Å². The molecule has 1 aliphatic rings. The normalized spacial score (nSPS) is 11.9. The van der Waals surface area contributed by atoms with Gasteiger partial charge in [0.05, 0.1) is 22.4 Å². The molecule has 0 spiro atoms. The van der Waals surface area contributed by atoms with E-state index in [0.717, 1.165) is 50.7 Å². The van der Waals surface area contributed by atoms with E-state index in [0.29, 0.717) is 0 Å². The van der Waals surface area contributed by atoms with Crippen LogP contribution in [0.3, 0.4) is 0 Å². The molecule has 4 nitrogen and oxygen atoms in total. The van der Waals surface area contributed by atoms with Gasteiger partial charge < -0.3 is 4.57 Å². The van der Waals surface area contributed by atoms with Crippen molar-refractivity contribution in [3.63, 3.8) is 0 Å². The lowest BCUT2D eigenvalue weighted by Crippen LogP contribution is -2.13. The zero-order chi connectivity index (χ0) is 35.0. The van der Waals surface area contributed by atoms with Crippen LogP contribution in [0.15, 0.2) is 176 Å². The first kappa shape index (κ1) is 29.7. The molecule has 0 bridgehead atoms. The van der Waals surface area contributed by atoms with Gasteiger partial charge in [-0.05, 0) is 101 Å². The van der Waals surface area contributed by atoms with E-state index >= 15 is 0 Å². The van der Waals surface area contributed by atoms with Crippen molar-refractivity contribution < 1.29 is 0 Å². The second-order valence-corrected chi connectivity index (χ2v) is 13.9. The zero-order valence-electron chi connectivity index (χ0n) is 29.0. The fourth-order valence-electron chi connectivity index (χ4n) is 8.38. The number of anilines is 3. The molecule has 0 N–H and O–H groups in total. The van der Waals surface area contributed by atoms with Gasteiger partial charge in [0.25, 0.3) is 0 Å². The monoisotopic (exact) mass is 676 g/mol. The lowest BCUT2D eigenvalue weighted by Gasteiger charge is -2.26. The van der Waals surface area contributed by atoms with Crippen molar-refractivity contribution in [2.75, 3.05) is 4.90 Å². The molecule has 0 unspecified atom stereocenters. The van der Waals surface area contributed by atoms with Gasteiger partial charge in [0.2, 0.25) is 0 Å². The summed E-state index contributed by atoms with van der Waals surface area (Å²) in [5, 5.41) is 7.35.